The second-order valence-electron chi connectivity index (χ2n) is 10.6. The molecule has 3 aromatic rings. The first-order valence-electron chi connectivity index (χ1n) is 13.2. The van der Waals surface area contributed by atoms with Crippen LogP contribution in [0.4, 0.5) is 17.1 Å². The number of benzene rings is 3. The van der Waals surface area contributed by atoms with Gasteiger partial charge in [-0.05, 0) is 88.1 Å². The number of aryl methyl sites for hydroxylation is 4. The highest BCUT2D eigenvalue weighted by atomic mass is 16.6. The lowest BCUT2D eigenvalue weighted by Gasteiger charge is -2.28. The van der Waals surface area contributed by atoms with Gasteiger partial charge in [0.2, 0.25) is 0 Å². The van der Waals surface area contributed by atoms with Crippen LogP contribution in [0.3, 0.4) is 0 Å². The van der Waals surface area contributed by atoms with E-state index >= 15 is 0 Å². The summed E-state index contributed by atoms with van der Waals surface area (Å²) >= 11 is 0. The van der Waals surface area contributed by atoms with Gasteiger partial charge in [0.05, 0.1) is 28.1 Å². The second-order valence-corrected chi connectivity index (χ2v) is 10.6. The highest BCUT2D eigenvalue weighted by Gasteiger charge is 2.51. The lowest BCUT2D eigenvalue weighted by molar-refractivity contribution is -0.385. The molecule has 2 heterocycles. The normalized spacial score (nSPS) is 19.0. The molecule has 0 aliphatic carbocycles. The van der Waals surface area contributed by atoms with Gasteiger partial charge in [-0.3, -0.25) is 19.7 Å². The first-order valence-corrected chi connectivity index (χ1v) is 13.2. The van der Waals surface area contributed by atoms with Gasteiger partial charge in [-0.25, -0.2) is 10.0 Å². The van der Waals surface area contributed by atoms with E-state index in [0.717, 1.165) is 22.3 Å². The maximum Gasteiger partial charge on any atom is 0.272 e. The molecule has 0 fully saturated rings. The van der Waals surface area contributed by atoms with E-state index in [4.69, 9.17) is 0 Å². The van der Waals surface area contributed by atoms with Crippen LogP contribution in [0.15, 0.2) is 70.9 Å². The zero-order valence-electron chi connectivity index (χ0n) is 23.4. The number of carbonyl (C=O) groups is 2. The van der Waals surface area contributed by atoms with E-state index in [9.17, 15) is 19.7 Å². The van der Waals surface area contributed by atoms with Crippen molar-refractivity contribution in [2.45, 2.75) is 47.5 Å². The molecule has 0 N–H and O–H groups in total. The Labute approximate surface area is 233 Å². The Morgan fingerprint density at radius 1 is 0.700 bits per heavy atom. The van der Waals surface area contributed by atoms with Crippen molar-refractivity contribution < 1.29 is 14.5 Å². The summed E-state index contributed by atoms with van der Waals surface area (Å²) < 4.78 is 0. The van der Waals surface area contributed by atoms with Crippen molar-refractivity contribution in [2.24, 2.45) is 22.0 Å². The number of hydrogen-bond donors (Lipinski definition) is 0. The molecule has 9 heteroatoms. The van der Waals surface area contributed by atoms with Crippen molar-refractivity contribution in [1.29, 1.82) is 0 Å². The van der Waals surface area contributed by atoms with Gasteiger partial charge in [-0.1, -0.05) is 30.3 Å². The molecule has 0 bridgehead atoms. The van der Waals surface area contributed by atoms with Gasteiger partial charge >= 0.3 is 0 Å². The minimum atomic E-state index is -0.901. The summed E-state index contributed by atoms with van der Waals surface area (Å²) in [6.07, 6.45) is 0. The molecule has 3 aromatic carbocycles. The molecule has 0 radical (unpaired) electrons. The Morgan fingerprint density at radius 2 is 1.15 bits per heavy atom. The minimum Gasteiger partial charge on any atom is -0.272 e. The van der Waals surface area contributed by atoms with Crippen molar-refractivity contribution in [3.05, 3.63) is 98.6 Å². The van der Waals surface area contributed by atoms with Crippen molar-refractivity contribution >= 4 is 40.3 Å². The number of nitro groups is 1. The van der Waals surface area contributed by atoms with Crippen molar-refractivity contribution in [1.82, 2.24) is 0 Å². The molecule has 2 atom stereocenters. The summed E-state index contributed by atoms with van der Waals surface area (Å²) in [6, 6.07) is 17.6. The molecule has 0 saturated heterocycles. The molecule has 0 saturated carbocycles. The number of rotatable bonds is 6. The Bertz CT molecular complexity index is 1530. The smallest absolute Gasteiger partial charge is 0.272 e. The Kier molecular flexibility index (Phi) is 6.83. The zero-order chi connectivity index (χ0) is 28.9. The van der Waals surface area contributed by atoms with E-state index in [2.05, 4.69) is 10.2 Å². The van der Waals surface area contributed by atoms with Crippen LogP contribution in [0.2, 0.25) is 0 Å². The molecule has 2 aliphatic heterocycles. The van der Waals surface area contributed by atoms with Gasteiger partial charge < -0.3 is 0 Å². The fourth-order valence-corrected chi connectivity index (χ4v) is 5.56. The highest BCUT2D eigenvalue weighted by molar-refractivity contribution is 6.20. The van der Waals surface area contributed by atoms with E-state index in [-0.39, 0.29) is 17.5 Å². The maximum atomic E-state index is 14.1. The van der Waals surface area contributed by atoms with Gasteiger partial charge in [0.25, 0.3) is 17.5 Å². The zero-order valence-corrected chi connectivity index (χ0v) is 23.4. The van der Waals surface area contributed by atoms with Crippen LogP contribution in [0.5, 0.6) is 0 Å². The van der Waals surface area contributed by atoms with E-state index in [1.807, 2.05) is 64.1 Å². The molecule has 0 spiro atoms. The third-order valence-electron chi connectivity index (χ3n) is 8.05. The van der Waals surface area contributed by atoms with Crippen LogP contribution in [0.25, 0.3) is 0 Å². The van der Waals surface area contributed by atoms with Crippen LogP contribution in [-0.2, 0) is 9.59 Å². The lowest BCUT2D eigenvalue weighted by atomic mass is 9.72. The monoisotopic (exact) mass is 537 g/mol. The molecule has 2 amide bonds. The quantitative estimate of drug-likeness (QED) is 0.284. The summed E-state index contributed by atoms with van der Waals surface area (Å²) in [5.41, 5.74) is 6.52. The van der Waals surface area contributed by atoms with E-state index in [0.29, 0.717) is 28.4 Å². The number of para-hydroxylation sites is 1. The number of nitro benzene ring substituents is 1. The third kappa shape index (κ3) is 4.47. The second kappa shape index (κ2) is 10.1. The van der Waals surface area contributed by atoms with Crippen LogP contribution >= 0.6 is 0 Å². The number of amides is 2. The topological polar surface area (TPSA) is 108 Å². The molecule has 40 heavy (non-hydrogen) atoms. The summed E-state index contributed by atoms with van der Waals surface area (Å²) in [7, 11) is 0. The summed E-state index contributed by atoms with van der Waals surface area (Å²) in [5, 5.41) is 24.0. The van der Waals surface area contributed by atoms with Gasteiger partial charge in [-0.2, -0.15) is 10.2 Å². The van der Waals surface area contributed by atoms with E-state index in [1.54, 1.807) is 32.0 Å². The van der Waals surface area contributed by atoms with E-state index < -0.39 is 22.7 Å². The van der Waals surface area contributed by atoms with E-state index in [1.165, 1.54) is 16.1 Å². The van der Waals surface area contributed by atoms with Crippen LogP contribution in [0, 0.1) is 49.6 Å². The molecule has 0 aromatic heterocycles. The predicted molar refractivity (Wildman–Crippen MR) is 156 cm³/mol. The standard InChI is InChI=1S/C31H31N5O4/c1-17-11-13-23(15-19(17)3)34-30(37)27(21(5)32-34)29(25-9-7-8-10-26(25)36(39)40)28-22(6)33-35(31(28)38)24-14-12-18(2)20(4)16-24/h7-16,27-29H,1-6H3/t27-,28-/m1/s1. The Morgan fingerprint density at radius 3 is 1.57 bits per heavy atom. The van der Waals surface area contributed by atoms with Gasteiger partial charge in [0.15, 0.2) is 0 Å². The molecular weight excluding hydrogens is 506 g/mol. The molecule has 0 unspecified atom stereocenters. The highest BCUT2D eigenvalue weighted by Crippen LogP contribution is 2.45. The fourth-order valence-electron chi connectivity index (χ4n) is 5.56. The first kappa shape index (κ1) is 26.9. The maximum absolute atomic E-state index is 14.1. The Hall–Kier alpha value is -4.66. The molecule has 204 valence electrons. The predicted octanol–water partition coefficient (Wildman–Crippen LogP) is 5.99. The van der Waals surface area contributed by atoms with Crippen LogP contribution in [0.1, 0.15) is 47.6 Å². The molecule has 2 aliphatic rings. The average Bonchev–Trinajstić information content (AvgIpc) is 3.38. The van der Waals surface area contributed by atoms with Gasteiger partial charge in [-0.15, -0.1) is 0 Å². The van der Waals surface area contributed by atoms with Crippen LogP contribution < -0.4 is 10.0 Å². The fraction of sp³-hybridized carbons (Fsp3) is 0.290. The number of hydrazone groups is 2. The molecule has 9 nitrogen and oxygen atoms in total. The van der Waals surface area contributed by atoms with Crippen molar-refractivity contribution in [2.75, 3.05) is 10.0 Å². The van der Waals surface area contributed by atoms with Gasteiger partial charge in [0, 0.05) is 29.0 Å². The Balaban J connectivity index is 1.62. The molecular formula is C31H31N5O4. The summed E-state index contributed by atoms with van der Waals surface area (Å²) in [5.74, 6) is -3.37. The van der Waals surface area contributed by atoms with Crippen molar-refractivity contribution in [3.63, 3.8) is 0 Å². The number of carbonyl (C=O) groups excluding carboxylic acids is 2. The largest absolute Gasteiger partial charge is 0.272 e. The summed E-state index contributed by atoms with van der Waals surface area (Å²) in [4.78, 5) is 39.9. The number of anilines is 2. The SMILES string of the molecule is CC1=NN(c2ccc(C)c(C)c2)C(=O)[C@H]1C(c1ccccc1[N+](=O)[O-])[C@@H]1C(=O)N(c2ccc(C)c(C)c2)N=C1C. The number of hydrogen-bond acceptors (Lipinski definition) is 6. The number of nitrogens with zero attached hydrogens (tertiary/aromatic N) is 5. The van der Waals surface area contributed by atoms with Gasteiger partial charge in [0.1, 0.15) is 0 Å². The first-order chi connectivity index (χ1) is 19.0. The summed E-state index contributed by atoms with van der Waals surface area (Å²) in [6.45, 7) is 11.4. The van der Waals surface area contributed by atoms with Crippen LogP contribution in [-0.4, -0.2) is 28.2 Å². The lowest BCUT2D eigenvalue weighted by Crippen LogP contribution is -2.40. The third-order valence-corrected chi connectivity index (χ3v) is 8.05. The molecule has 5 rings (SSSR count). The van der Waals surface area contributed by atoms with Crippen molar-refractivity contribution in [3.8, 4) is 0 Å². The average molecular weight is 538 g/mol. The minimum absolute atomic E-state index is 0.150.